The predicted octanol–water partition coefficient (Wildman–Crippen LogP) is 3.57. The molecule has 0 aliphatic heterocycles. The van der Waals surface area contributed by atoms with E-state index in [1.807, 2.05) is 0 Å². The van der Waals surface area contributed by atoms with E-state index in [0.29, 0.717) is 33.5 Å². The predicted molar refractivity (Wildman–Crippen MR) is 165 cm³/mol. The second-order valence-corrected chi connectivity index (χ2v) is 8.85. The lowest BCUT2D eigenvalue weighted by Gasteiger charge is -2.10. The Hall–Kier alpha value is -5.06. The number of benzene rings is 2. The zero-order chi connectivity index (χ0) is 31.2. The summed E-state index contributed by atoms with van der Waals surface area (Å²) in [6.07, 6.45) is 6.18. The highest BCUT2D eigenvalue weighted by Crippen LogP contribution is 2.25. The summed E-state index contributed by atoms with van der Waals surface area (Å²) < 4.78 is 0.116. The van der Waals surface area contributed by atoms with E-state index in [9.17, 15) is 20.2 Å². The van der Waals surface area contributed by atoms with E-state index in [4.69, 9.17) is 20.9 Å². The lowest BCUT2D eigenvalue weighted by molar-refractivity contribution is -0.385. The molecule has 2 aromatic carbocycles. The Morgan fingerprint density at radius 3 is 1.60 bits per heavy atom. The minimum Gasteiger partial charge on any atom is -0.423 e. The third-order valence-corrected chi connectivity index (χ3v) is 5.87. The molecule has 0 unspecified atom stereocenters. The standard InChI is InChI=1S/C13H12N4O2.C8H8BrN3O2.C5H6BNO2/c1-15-12-3-2-10(17(18)19)8-11(12)13(14)9-4-6-16-7-5-9;1-11-7-3-2-5(12(13)14)4-6(7)8(9)10;8-6(9)5-1-3-7-4-2-5/h2-8,14-15H,1H3;2-4,10-11H,1H3;1-4,8-9H. The van der Waals surface area contributed by atoms with Gasteiger partial charge in [-0.25, -0.2) is 0 Å². The van der Waals surface area contributed by atoms with Gasteiger partial charge < -0.3 is 20.7 Å². The SMILES string of the molecule is CNc1ccc([N+](=O)[O-])cc1C(=N)Br.CNc1ccc([N+](=O)[O-])cc1C(=N)c1ccncc1.OB(O)c1ccncc1. The Morgan fingerprint density at radius 1 is 0.786 bits per heavy atom. The molecule has 216 valence electrons. The quantitative estimate of drug-likeness (QED) is 0.0713. The summed E-state index contributed by atoms with van der Waals surface area (Å²) >= 11 is 2.98. The number of anilines is 2. The van der Waals surface area contributed by atoms with E-state index < -0.39 is 17.0 Å². The highest BCUT2D eigenvalue weighted by molar-refractivity contribution is 9.18. The van der Waals surface area contributed by atoms with Gasteiger partial charge in [0.1, 0.15) is 4.62 Å². The molecular weight excluding hydrogens is 611 g/mol. The molecule has 2 aromatic heterocycles. The third-order valence-electron chi connectivity index (χ3n) is 5.45. The Labute approximate surface area is 249 Å². The molecule has 14 nitrogen and oxygen atoms in total. The highest BCUT2D eigenvalue weighted by Gasteiger charge is 2.15. The van der Waals surface area contributed by atoms with E-state index in [1.54, 1.807) is 62.9 Å². The van der Waals surface area contributed by atoms with Crippen LogP contribution >= 0.6 is 15.9 Å². The molecule has 0 aliphatic rings. The first kappa shape index (κ1) is 33.2. The zero-order valence-electron chi connectivity index (χ0n) is 22.4. The topological polar surface area (TPSA) is 224 Å². The molecule has 42 heavy (non-hydrogen) atoms. The second-order valence-electron chi connectivity index (χ2n) is 8.05. The van der Waals surface area contributed by atoms with Gasteiger partial charge in [0.15, 0.2) is 0 Å². The van der Waals surface area contributed by atoms with Gasteiger partial charge in [-0.05, 0) is 57.8 Å². The Kier molecular flexibility index (Phi) is 12.8. The summed E-state index contributed by atoms with van der Waals surface area (Å²) in [6, 6.07) is 15.2. The van der Waals surface area contributed by atoms with Crippen LogP contribution in [-0.2, 0) is 0 Å². The lowest BCUT2D eigenvalue weighted by atomic mass is 9.81. The number of aromatic nitrogens is 2. The monoisotopic (exact) mass is 636 g/mol. The van der Waals surface area contributed by atoms with Crippen LogP contribution in [0.4, 0.5) is 22.7 Å². The van der Waals surface area contributed by atoms with Crippen molar-refractivity contribution < 1.29 is 19.9 Å². The second kappa shape index (κ2) is 16.3. The summed E-state index contributed by atoms with van der Waals surface area (Å²) in [7, 11) is 2.03. The molecule has 0 aliphatic carbocycles. The highest BCUT2D eigenvalue weighted by atomic mass is 79.9. The van der Waals surface area contributed by atoms with Gasteiger partial charge in [0.2, 0.25) is 0 Å². The zero-order valence-corrected chi connectivity index (χ0v) is 23.9. The Bertz CT molecular complexity index is 1540. The van der Waals surface area contributed by atoms with E-state index in [1.165, 1.54) is 36.7 Å². The molecular formula is C26H26BBrN8O6. The van der Waals surface area contributed by atoms with Gasteiger partial charge in [0, 0.05) is 91.2 Å². The molecule has 4 aromatic rings. The van der Waals surface area contributed by atoms with Crippen LogP contribution in [0.5, 0.6) is 0 Å². The summed E-state index contributed by atoms with van der Waals surface area (Å²) in [4.78, 5) is 27.9. The van der Waals surface area contributed by atoms with E-state index in [0.717, 1.165) is 0 Å². The van der Waals surface area contributed by atoms with Gasteiger partial charge in [-0.3, -0.25) is 41.0 Å². The number of non-ortho nitro benzene ring substituents is 2. The maximum atomic E-state index is 10.8. The molecule has 16 heteroatoms. The molecule has 2 heterocycles. The first-order chi connectivity index (χ1) is 20.0. The largest absolute Gasteiger partial charge is 0.488 e. The van der Waals surface area contributed by atoms with E-state index in [2.05, 4.69) is 36.5 Å². The lowest BCUT2D eigenvalue weighted by Crippen LogP contribution is -2.29. The van der Waals surface area contributed by atoms with Crippen LogP contribution in [0.2, 0.25) is 0 Å². The Balaban J connectivity index is 0.000000235. The number of nitro groups is 2. The van der Waals surface area contributed by atoms with Gasteiger partial charge in [0.25, 0.3) is 11.4 Å². The van der Waals surface area contributed by atoms with Crippen LogP contribution in [0.15, 0.2) is 85.5 Å². The molecule has 0 amide bonds. The molecule has 6 N–H and O–H groups in total. The van der Waals surface area contributed by atoms with Crippen molar-refractivity contribution in [1.29, 1.82) is 10.8 Å². The number of nitrogens with zero attached hydrogens (tertiary/aromatic N) is 4. The summed E-state index contributed by atoms with van der Waals surface area (Å²) in [5.41, 5.74) is 3.60. The van der Waals surface area contributed by atoms with Gasteiger partial charge in [-0.1, -0.05) is 0 Å². The molecule has 0 saturated heterocycles. The fourth-order valence-corrected chi connectivity index (χ4v) is 3.65. The molecule has 0 atom stereocenters. The average Bonchev–Trinajstić information content (AvgIpc) is 3.01. The van der Waals surface area contributed by atoms with Crippen molar-refractivity contribution in [3.63, 3.8) is 0 Å². The minimum atomic E-state index is -1.38. The van der Waals surface area contributed by atoms with Crippen LogP contribution in [0.25, 0.3) is 0 Å². The summed E-state index contributed by atoms with van der Waals surface area (Å²) in [5, 5.41) is 59.7. The number of nitro benzene ring substituents is 2. The van der Waals surface area contributed by atoms with Gasteiger partial charge >= 0.3 is 7.12 Å². The van der Waals surface area contributed by atoms with Crippen LogP contribution in [-0.4, -0.2) is 61.4 Å². The first-order valence-corrected chi connectivity index (χ1v) is 12.7. The van der Waals surface area contributed by atoms with Crippen molar-refractivity contribution in [3.8, 4) is 0 Å². The van der Waals surface area contributed by atoms with Crippen LogP contribution in [0.1, 0.15) is 16.7 Å². The smallest absolute Gasteiger partial charge is 0.423 e. The van der Waals surface area contributed by atoms with Crippen LogP contribution < -0.4 is 16.1 Å². The van der Waals surface area contributed by atoms with Crippen LogP contribution in [0.3, 0.4) is 0 Å². The molecule has 4 rings (SSSR count). The third kappa shape index (κ3) is 9.55. The number of halogens is 1. The maximum absolute atomic E-state index is 10.8. The summed E-state index contributed by atoms with van der Waals surface area (Å²) in [5.74, 6) is 0. The van der Waals surface area contributed by atoms with Crippen molar-refractivity contribution in [2.45, 2.75) is 0 Å². The van der Waals surface area contributed by atoms with Gasteiger partial charge in [-0.15, -0.1) is 0 Å². The van der Waals surface area contributed by atoms with Crippen molar-refractivity contribution in [2.24, 2.45) is 0 Å². The first-order valence-electron chi connectivity index (χ1n) is 11.9. The molecule has 0 radical (unpaired) electrons. The fourth-order valence-electron chi connectivity index (χ4n) is 3.33. The fraction of sp³-hybridized carbons (Fsp3) is 0.0769. The van der Waals surface area contributed by atoms with Gasteiger partial charge in [-0.2, -0.15) is 0 Å². The normalized spacial score (nSPS) is 9.64. The number of rotatable bonds is 8. The van der Waals surface area contributed by atoms with Crippen molar-refractivity contribution in [2.75, 3.05) is 24.7 Å². The van der Waals surface area contributed by atoms with Crippen LogP contribution in [0, 0.1) is 31.0 Å². The van der Waals surface area contributed by atoms with Crippen molar-refractivity contribution >= 4 is 61.6 Å². The molecule has 0 spiro atoms. The van der Waals surface area contributed by atoms with Crippen molar-refractivity contribution in [1.82, 2.24) is 9.97 Å². The molecule has 0 saturated carbocycles. The average molecular weight is 637 g/mol. The molecule has 0 fully saturated rings. The summed E-state index contributed by atoms with van der Waals surface area (Å²) in [6.45, 7) is 0. The number of pyridine rings is 2. The van der Waals surface area contributed by atoms with Crippen molar-refractivity contribution in [3.05, 3.63) is 122 Å². The van der Waals surface area contributed by atoms with E-state index in [-0.39, 0.29) is 21.7 Å². The van der Waals surface area contributed by atoms with E-state index >= 15 is 0 Å². The number of hydrogen-bond donors (Lipinski definition) is 6. The number of nitrogens with one attached hydrogen (secondary N) is 4. The number of hydrogen-bond acceptors (Lipinski definition) is 12. The minimum absolute atomic E-state index is 0.0248. The van der Waals surface area contributed by atoms with Gasteiger partial charge in [0.05, 0.1) is 15.6 Å². The maximum Gasteiger partial charge on any atom is 0.488 e. The molecule has 0 bridgehead atoms. The Morgan fingerprint density at radius 2 is 1.21 bits per heavy atom.